The van der Waals surface area contributed by atoms with E-state index in [0.717, 1.165) is 38.5 Å². The van der Waals surface area contributed by atoms with E-state index in [1.807, 2.05) is 4.90 Å². The van der Waals surface area contributed by atoms with Gasteiger partial charge < -0.3 is 19.8 Å². The number of amides is 3. The number of hydrogen-bond acceptors (Lipinski definition) is 5. The predicted molar refractivity (Wildman–Crippen MR) is 143 cm³/mol. The van der Waals surface area contributed by atoms with Crippen LogP contribution in [0.3, 0.4) is 0 Å². The van der Waals surface area contributed by atoms with Crippen molar-refractivity contribution >= 4 is 29.5 Å². The van der Waals surface area contributed by atoms with Gasteiger partial charge in [0.25, 0.3) is 0 Å². The predicted octanol–water partition coefficient (Wildman–Crippen LogP) is 3.23. The molecular weight excluding hydrogens is 474 g/mol. The maximum absolute atomic E-state index is 14.5. The zero-order chi connectivity index (χ0) is 26.1. The van der Waals surface area contributed by atoms with Gasteiger partial charge in [0.1, 0.15) is 6.04 Å². The average molecular weight is 518 g/mol. The lowest BCUT2D eigenvalue weighted by atomic mass is 9.66. The molecule has 3 amide bonds. The molecule has 0 aromatic rings. The molecule has 2 bridgehead atoms. The van der Waals surface area contributed by atoms with Gasteiger partial charge in [0.15, 0.2) is 0 Å². The third kappa shape index (κ3) is 4.42. The number of carbonyl (C=O) groups is 3. The molecular formula is C28H43N3O4S. The first kappa shape index (κ1) is 27.2. The van der Waals surface area contributed by atoms with Crippen molar-refractivity contribution < 1.29 is 19.5 Å². The van der Waals surface area contributed by atoms with E-state index in [2.05, 4.69) is 20.1 Å². The summed E-state index contributed by atoms with van der Waals surface area (Å²) in [5.41, 5.74) is 0. The Balaban J connectivity index is 1.73. The molecule has 1 saturated carbocycles. The molecule has 0 aromatic carbocycles. The van der Waals surface area contributed by atoms with Crippen LogP contribution in [-0.4, -0.2) is 92.4 Å². The van der Waals surface area contributed by atoms with Gasteiger partial charge in [-0.3, -0.25) is 14.4 Å². The summed E-state index contributed by atoms with van der Waals surface area (Å²) in [4.78, 5) is 47.8. The standard InChI is InChI=1S/C28H43N3O4S/c1-5-16-29(4)24(33)21-22-25(34)31(18-10-11-19-32)23(28(22)15-14-27(21,3)36-28)26(35)30(17-6-2)20-12-8-7-9-13-20/h5-6,20-23,32H,1-2,7-19H2,3-4H3/t21-,22+,23?,27+,28?/m1/s1. The summed E-state index contributed by atoms with van der Waals surface area (Å²) in [5, 5.41) is 9.38. The van der Waals surface area contributed by atoms with Crippen molar-refractivity contribution in [1.29, 1.82) is 0 Å². The minimum absolute atomic E-state index is 0.0194. The Labute approximate surface area is 220 Å². The quantitative estimate of drug-likeness (QED) is 0.336. The van der Waals surface area contributed by atoms with Crippen LogP contribution in [-0.2, 0) is 14.4 Å². The summed E-state index contributed by atoms with van der Waals surface area (Å²) in [7, 11) is 1.77. The number of likely N-dealkylation sites (tertiary alicyclic amines) is 1. The Morgan fingerprint density at radius 3 is 2.44 bits per heavy atom. The molecule has 4 rings (SSSR count). The molecule has 200 valence electrons. The Morgan fingerprint density at radius 1 is 1.11 bits per heavy atom. The highest BCUT2D eigenvalue weighted by Gasteiger charge is 2.77. The molecule has 36 heavy (non-hydrogen) atoms. The zero-order valence-electron chi connectivity index (χ0n) is 22.0. The number of carbonyl (C=O) groups excluding carboxylic acids is 3. The number of rotatable bonds is 11. The van der Waals surface area contributed by atoms with Crippen LogP contribution in [0.5, 0.6) is 0 Å². The second-order valence-corrected chi connectivity index (χ2v) is 13.2. The summed E-state index contributed by atoms with van der Waals surface area (Å²) < 4.78 is -0.956. The SMILES string of the molecule is C=CCN(C)C(=O)[C@H]1[C@H]2C(=O)N(CCCCO)C(C(=O)N(CC=C)C3CCCCC3)C23CC[C@]1(C)S3. The molecule has 1 N–H and O–H groups in total. The molecule has 4 fully saturated rings. The zero-order valence-corrected chi connectivity index (χ0v) is 22.8. The highest BCUT2D eigenvalue weighted by atomic mass is 32.2. The number of hydrogen-bond donors (Lipinski definition) is 1. The van der Waals surface area contributed by atoms with Gasteiger partial charge in [-0.25, -0.2) is 0 Å². The molecule has 1 spiro atoms. The number of thioether (sulfide) groups is 1. The molecule has 8 heteroatoms. The van der Waals surface area contributed by atoms with Gasteiger partial charge in [-0.2, -0.15) is 0 Å². The summed E-state index contributed by atoms with van der Waals surface area (Å²) in [6, 6.07) is -0.408. The Kier molecular flexibility index (Phi) is 8.25. The molecule has 0 radical (unpaired) electrons. The minimum atomic E-state index is -0.592. The summed E-state index contributed by atoms with van der Waals surface area (Å²) in [5.74, 6) is -1.01. The van der Waals surface area contributed by atoms with Crippen LogP contribution in [0.4, 0.5) is 0 Å². The molecule has 3 aliphatic heterocycles. The second kappa shape index (κ2) is 10.9. The second-order valence-electron chi connectivity index (χ2n) is 11.3. The number of likely N-dealkylation sites (N-methyl/N-ethyl adjacent to an activating group) is 1. The fraction of sp³-hybridized carbons (Fsp3) is 0.750. The van der Waals surface area contributed by atoms with Gasteiger partial charge in [-0.1, -0.05) is 31.4 Å². The highest BCUT2D eigenvalue weighted by Crippen LogP contribution is 2.71. The normalized spacial score (nSPS) is 33.5. The number of aliphatic hydroxyl groups is 1. The summed E-state index contributed by atoms with van der Waals surface area (Å²) in [6.45, 7) is 11.2. The van der Waals surface area contributed by atoms with Crippen LogP contribution in [0, 0.1) is 11.8 Å². The lowest BCUT2D eigenvalue weighted by Gasteiger charge is -2.41. The first-order valence-electron chi connectivity index (χ1n) is 13.6. The third-order valence-corrected chi connectivity index (χ3v) is 11.0. The van der Waals surface area contributed by atoms with Gasteiger partial charge >= 0.3 is 0 Å². The van der Waals surface area contributed by atoms with E-state index in [-0.39, 0.29) is 35.1 Å². The van der Waals surface area contributed by atoms with Crippen molar-refractivity contribution in [3.8, 4) is 0 Å². The first-order valence-corrected chi connectivity index (χ1v) is 14.5. The van der Waals surface area contributed by atoms with E-state index in [9.17, 15) is 19.5 Å². The fourth-order valence-electron chi connectivity index (χ4n) is 7.34. The maximum Gasteiger partial charge on any atom is 0.247 e. The smallest absolute Gasteiger partial charge is 0.247 e. The first-order chi connectivity index (χ1) is 17.3. The largest absolute Gasteiger partial charge is 0.396 e. The van der Waals surface area contributed by atoms with Crippen LogP contribution in [0.15, 0.2) is 25.3 Å². The molecule has 1 aliphatic carbocycles. The average Bonchev–Trinajstić information content (AvgIpc) is 3.43. The van der Waals surface area contributed by atoms with E-state index in [4.69, 9.17) is 0 Å². The molecule has 3 saturated heterocycles. The lowest BCUT2D eigenvalue weighted by molar-refractivity contribution is -0.145. The van der Waals surface area contributed by atoms with Crippen LogP contribution in [0.2, 0.25) is 0 Å². The van der Waals surface area contributed by atoms with Crippen molar-refractivity contribution in [3.63, 3.8) is 0 Å². The van der Waals surface area contributed by atoms with E-state index < -0.39 is 22.6 Å². The van der Waals surface area contributed by atoms with Crippen molar-refractivity contribution in [2.45, 2.75) is 86.3 Å². The Morgan fingerprint density at radius 2 is 1.81 bits per heavy atom. The maximum atomic E-state index is 14.5. The third-order valence-electron chi connectivity index (χ3n) is 8.99. The number of nitrogens with zero attached hydrogens (tertiary/aromatic N) is 3. The monoisotopic (exact) mass is 517 g/mol. The van der Waals surface area contributed by atoms with Gasteiger partial charge in [0.05, 0.1) is 16.6 Å². The number of unbranched alkanes of at least 4 members (excludes halogenated alkanes) is 1. The molecule has 3 heterocycles. The van der Waals surface area contributed by atoms with Crippen molar-refractivity contribution in [2.24, 2.45) is 11.8 Å². The molecule has 5 atom stereocenters. The van der Waals surface area contributed by atoms with Crippen LogP contribution in [0.1, 0.15) is 64.7 Å². The topological polar surface area (TPSA) is 81.2 Å². The highest BCUT2D eigenvalue weighted by molar-refractivity contribution is 8.02. The summed E-state index contributed by atoms with van der Waals surface area (Å²) in [6.07, 6.45) is 11.7. The summed E-state index contributed by atoms with van der Waals surface area (Å²) >= 11 is 1.73. The van der Waals surface area contributed by atoms with Crippen molar-refractivity contribution in [2.75, 3.05) is 33.3 Å². The van der Waals surface area contributed by atoms with Gasteiger partial charge in [-0.05, 0) is 45.4 Å². The number of aliphatic hydroxyl groups excluding tert-OH is 1. The molecule has 7 nitrogen and oxygen atoms in total. The Bertz CT molecular complexity index is 890. The van der Waals surface area contributed by atoms with Gasteiger partial charge in [0.2, 0.25) is 17.7 Å². The van der Waals surface area contributed by atoms with E-state index in [1.54, 1.807) is 40.8 Å². The lowest BCUT2D eigenvalue weighted by Crippen LogP contribution is -2.57. The van der Waals surface area contributed by atoms with Crippen molar-refractivity contribution in [1.82, 2.24) is 14.7 Å². The Hall–Kier alpha value is -1.80. The van der Waals surface area contributed by atoms with Gasteiger partial charge in [-0.15, -0.1) is 24.9 Å². The van der Waals surface area contributed by atoms with Crippen LogP contribution >= 0.6 is 11.8 Å². The van der Waals surface area contributed by atoms with Crippen molar-refractivity contribution in [3.05, 3.63) is 25.3 Å². The fourth-order valence-corrected chi connectivity index (χ4v) is 9.69. The van der Waals surface area contributed by atoms with Crippen LogP contribution < -0.4 is 0 Å². The van der Waals surface area contributed by atoms with Gasteiger partial charge in [0, 0.05) is 44.1 Å². The van der Waals surface area contributed by atoms with Crippen LogP contribution in [0.25, 0.3) is 0 Å². The number of fused-ring (bicyclic) bond motifs is 1. The van der Waals surface area contributed by atoms with E-state index >= 15 is 0 Å². The van der Waals surface area contributed by atoms with E-state index in [1.165, 1.54) is 6.42 Å². The minimum Gasteiger partial charge on any atom is -0.396 e. The molecule has 0 aromatic heterocycles. The molecule has 2 unspecified atom stereocenters. The molecule has 4 aliphatic rings. The van der Waals surface area contributed by atoms with E-state index in [0.29, 0.717) is 32.5 Å².